The number of aromatic amines is 1. The molecule has 0 aromatic carbocycles. The van der Waals surface area contributed by atoms with E-state index in [1.165, 1.54) is 0 Å². The number of aromatic nitrogens is 2. The first kappa shape index (κ1) is 14.2. The molecule has 1 amide bonds. The van der Waals surface area contributed by atoms with Gasteiger partial charge in [-0.2, -0.15) is 16.9 Å². The molecule has 1 aromatic rings. The summed E-state index contributed by atoms with van der Waals surface area (Å²) in [5.41, 5.74) is 7.76. The van der Waals surface area contributed by atoms with E-state index < -0.39 is 0 Å². The molecular weight excluding hydrogens is 260 g/mol. The summed E-state index contributed by atoms with van der Waals surface area (Å²) in [6.45, 7) is 9.06. The zero-order valence-corrected chi connectivity index (χ0v) is 12.8. The Balaban J connectivity index is 2.24. The Morgan fingerprint density at radius 1 is 1.53 bits per heavy atom. The maximum Gasteiger partial charge on any atom is 0.276 e. The van der Waals surface area contributed by atoms with Crippen LogP contribution in [0.4, 0.5) is 5.69 Å². The molecule has 106 valence electrons. The van der Waals surface area contributed by atoms with Gasteiger partial charge in [0.05, 0.1) is 11.4 Å². The van der Waals surface area contributed by atoms with Gasteiger partial charge in [-0.15, -0.1) is 0 Å². The maximum absolute atomic E-state index is 12.6. The van der Waals surface area contributed by atoms with Gasteiger partial charge in [-0.05, 0) is 12.8 Å². The van der Waals surface area contributed by atoms with Crippen LogP contribution in [0.15, 0.2) is 0 Å². The molecule has 3 N–H and O–H groups in total. The number of nitrogen functional groups attached to an aromatic ring is 1. The third-order valence-corrected chi connectivity index (χ3v) is 5.10. The average Bonchev–Trinajstić information content (AvgIpc) is 2.74. The maximum atomic E-state index is 12.6. The van der Waals surface area contributed by atoms with Crippen LogP contribution in [0.1, 0.15) is 49.8 Å². The topological polar surface area (TPSA) is 75.0 Å². The number of hydrogen-bond acceptors (Lipinski definition) is 4. The molecule has 1 aliphatic rings. The van der Waals surface area contributed by atoms with Crippen LogP contribution in [-0.2, 0) is 0 Å². The van der Waals surface area contributed by atoms with Crippen molar-refractivity contribution in [1.82, 2.24) is 15.1 Å². The molecule has 19 heavy (non-hydrogen) atoms. The standard InChI is InChI=1S/C13H22N4OS/c1-7(2)11-10(14)12(16-15-11)13(18)17-5-6-19-9(4)8(17)3/h7-9H,5-6,14H2,1-4H3,(H,15,16). The number of hydrogen-bond donors (Lipinski definition) is 2. The smallest absolute Gasteiger partial charge is 0.276 e. The van der Waals surface area contributed by atoms with Gasteiger partial charge >= 0.3 is 0 Å². The van der Waals surface area contributed by atoms with E-state index in [0.29, 0.717) is 16.6 Å². The lowest BCUT2D eigenvalue weighted by atomic mass is 10.1. The molecule has 6 heteroatoms. The van der Waals surface area contributed by atoms with Gasteiger partial charge in [0.1, 0.15) is 0 Å². The van der Waals surface area contributed by atoms with E-state index in [1.54, 1.807) is 0 Å². The minimum atomic E-state index is -0.0553. The predicted octanol–water partition coefficient (Wildman–Crippen LogP) is 2.08. The van der Waals surface area contributed by atoms with Gasteiger partial charge in [0.2, 0.25) is 0 Å². The highest BCUT2D eigenvalue weighted by molar-refractivity contribution is 8.00. The summed E-state index contributed by atoms with van der Waals surface area (Å²) in [6, 6.07) is 0.213. The fourth-order valence-electron chi connectivity index (χ4n) is 2.32. The van der Waals surface area contributed by atoms with Crippen molar-refractivity contribution in [3.8, 4) is 0 Å². The summed E-state index contributed by atoms with van der Waals surface area (Å²) in [7, 11) is 0. The van der Waals surface area contributed by atoms with Crippen LogP contribution in [0.5, 0.6) is 0 Å². The lowest BCUT2D eigenvalue weighted by Gasteiger charge is -2.37. The quantitative estimate of drug-likeness (QED) is 0.871. The van der Waals surface area contributed by atoms with Crippen molar-refractivity contribution in [2.75, 3.05) is 18.0 Å². The number of anilines is 1. The second-order valence-electron chi connectivity index (χ2n) is 5.37. The molecule has 0 aliphatic carbocycles. The van der Waals surface area contributed by atoms with Crippen molar-refractivity contribution in [3.63, 3.8) is 0 Å². The van der Waals surface area contributed by atoms with Gasteiger partial charge in [-0.25, -0.2) is 0 Å². The molecule has 0 bridgehead atoms. The summed E-state index contributed by atoms with van der Waals surface area (Å²) >= 11 is 1.90. The number of amides is 1. The van der Waals surface area contributed by atoms with Crippen molar-refractivity contribution in [2.45, 2.75) is 44.9 Å². The third-order valence-electron chi connectivity index (χ3n) is 3.76. The highest BCUT2D eigenvalue weighted by atomic mass is 32.2. The Bertz CT molecular complexity index is 471. The highest BCUT2D eigenvalue weighted by Crippen LogP contribution is 2.28. The Kier molecular flexibility index (Phi) is 4.08. The number of carbonyl (C=O) groups excluding carboxylic acids is 1. The Morgan fingerprint density at radius 2 is 2.21 bits per heavy atom. The summed E-state index contributed by atoms with van der Waals surface area (Å²) in [5.74, 6) is 1.15. The minimum absolute atomic E-state index is 0.0553. The monoisotopic (exact) mass is 282 g/mol. The molecule has 1 saturated heterocycles. The van der Waals surface area contributed by atoms with Gasteiger partial charge in [0.15, 0.2) is 5.69 Å². The van der Waals surface area contributed by atoms with Crippen molar-refractivity contribution >= 4 is 23.4 Å². The first-order chi connectivity index (χ1) is 8.93. The molecule has 1 aromatic heterocycles. The van der Waals surface area contributed by atoms with E-state index in [0.717, 1.165) is 18.0 Å². The van der Waals surface area contributed by atoms with Gasteiger partial charge < -0.3 is 10.6 Å². The predicted molar refractivity (Wildman–Crippen MR) is 79.5 cm³/mol. The molecular formula is C13H22N4OS. The second-order valence-corrected chi connectivity index (χ2v) is 6.85. The van der Waals surface area contributed by atoms with Crippen LogP contribution < -0.4 is 5.73 Å². The lowest BCUT2D eigenvalue weighted by molar-refractivity contribution is 0.0693. The van der Waals surface area contributed by atoms with E-state index in [-0.39, 0.29) is 17.9 Å². The van der Waals surface area contributed by atoms with Gasteiger partial charge in [0.25, 0.3) is 5.91 Å². The number of rotatable bonds is 2. The summed E-state index contributed by atoms with van der Waals surface area (Å²) in [5, 5.41) is 7.46. The second kappa shape index (κ2) is 5.45. The molecule has 0 radical (unpaired) electrons. The van der Waals surface area contributed by atoms with E-state index in [4.69, 9.17) is 5.73 Å². The Labute approximate surface area is 118 Å². The lowest BCUT2D eigenvalue weighted by Crippen LogP contribution is -2.48. The van der Waals surface area contributed by atoms with E-state index in [2.05, 4.69) is 24.0 Å². The molecule has 2 atom stereocenters. The number of H-pyrrole nitrogens is 1. The van der Waals surface area contributed by atoms with Crippen molar-refractivity contribution in [1.29, 1.82) is 0 Å². The Hall–Kier alpha value is -1.17. The number of carbonyl (C=O) groups is 1. The van der Waals surface area contributed by atoms with Crippen LogP contribution in [0, 0.1) is 0 Å². The van der Waals surface area contributed by atoms with Crippen molar-refractivity contribution < 1.29 is 4.79 Å². The zero-order valence-electron chi connectivity index (χ0n) is 11.9. The molecule has 0 saturated carbocycles. The number of nitrogens with zero attached hydrogens (tertiary/aromatic N) is 2. The molecule has 1 aliphatic heterocycles. The van der Waals surface area contributed by atoms with Gasteiger partial charge in [0, 0.05) is 23.6 Å². The SMILES string of the molecule is CC(C)c1[nH]nc(C(=O)N2CCSC(C)C2C)c1N. The summed E-state index contributed by atoms with van der Waals surface area (Å²) in [6.07, 6.45) is 0. The number of nitrogens with two attached hydrogens (primary N) is 1. The molecule has 5 nitrogen and oxygen atoms in total. The summed E-state index contributed by atoms with van der Waals surface area (Å²) in [4.78, 5) is 14.5. The molecule has 1 fully saturated rings. The highest BCUT2D eigenvalue weighted by Gasteiger charge is 2.32. The van der Waals surface area contributed by atoms with Crippen molar-refractivity contribution in [3.05, 3.63) is 11.4 Å². The van der Waals surface area contributed by atoms with Gasteiger partial charge in [-0.3, -0.25) is 9.89 Å². The van der Waals surface area contributed by atoms with E-state index in [9.17, 15) is 4.79 Å². The molecule has 2 rings (SSSR count). The van der Waals surface area contributed by atoms with Gasteiger partial charge in [-0.1, -0.05) is 20.8 Å². The van der Waals surface area contributed by atoms with Crippen LogP contribution >= 0.6 is 11.8 Å². The normalized spacial score (nSPS) is 23.9. The Morgan fingerprint density at radius 3 is 2.79 bits per heavy atom. The fraction of sp³-hybridized carbons (Fsp3) is 0.692. The molecule has 2 heterocycles. The van der Waals surface area contributed by atoms with Crippen LogP contribution in [-0.4, -0.2) is 44.6 Å². The minimum Gasteiger partial charge on any atom is -0.395 e. The van der Waals surface area contributed by atoms with Crippen LogP contribution in [0.25, 0.3) is 0 Å². The van der Waals surface area contributed by atoms with Crippen LogP contribution in [0.3, 0.4) is 0 Å². The third kappa shape index (κ3) is 2.59. The first-order valence-corrected chi connectivity index (χ1v) is 7.74. The average molecular weight is 282 g/mol. The van der Waals surface area contributed by atoms with E-state index in [1.807, 2.05) is 30.5 Å². The van der Waals surface area contributed by atoms with E-state index >= 15 is 0 Å². The fourth-order valence-corrected chi connectivity index (χ4v) is 3.42. The van der Waals surface area contributed by atoms with Crippen molar-refractivity contribution in [2.24, 2.45) is 0 Å². The largest absolute Gasteiger partial charge is 0.395 e. The summed E-state index contributed by atoms with van der Waals surface area (Å²) < 4.78 is 0. The zero-order chi connectivity index (χ0) is 14.2. The molecule has 2 unspecified atom stereocenters. The first-order valence-electron chi connectivity index (χ1n) is 6.69. The number of thioether (sulfide) groups is 1. The number of nitrogens with one attached hydrogen (secondary N) is 1. The van der Waals surface area contributed by atoms with Crippen LogP contribution in [0.2, 0.25) is 0 Å². The molecule has 0 spiro atoms.